The van der Waals surface area contributed by atoms with Gasteiger partial charge in [0.15, 0.2) is 0 Å². The molecule has 0 aliphatic carbocycles. The highest BCUT2D eigenvalue weighted by molar-refractivity contribution is 4.65. The molecule has 0 aliphatic rings. The van der Waals surface area contributed by atoms with Crippen LogP contribution in [0.1, 0.15) is 52.9 Å². The second-order valence-corrected chi connectivity index (χ2v) is 4.74. The van der Waals surface area contributed by atoms with E-state index in [1.54, 1.807) is 0 Å². The van der Waals surface area contributed by atoms with E-state index in [2.05, 4.69) is 6.92 Å². The Morgan fingerprint density at radius 2 is 1.77 bits per heavy atom. The summed E-state index contributed by atoms with van der Waals surface area (Å²) in [6.07, 6.45) is 5.59. The molecule has 0 saturated heterocycles. The van der Waals surface area contributed by atoms with Crippen LogP contribution in [0.15, 0.2) is 0 Å². The second-order valence-electron chi connectivity index (χ2n) is 4.74. The molecule has 0 amide bonds. The van der Waals surface area contributed by atoms with Crippen molar-refractivity contribution in [1.82, 2.24) is 0 Å². The lowest BCUT2D eigenvalue weighted by Gasteiger charge is -2.18. The molecule has 2 heteroatoms. The summed E-state index contributed by atoms with van der Waals surface area (Å²) in [4.78, 5) is 0. The van der Waals surface area contributed by atoms with E-state index >= 15 is 0 Å². The summed E-state index contributed by atoms with van der Waals surface area (Å²) >= 11 is 0. The summed E-state index contributed by atoms with van der Waals surface area (Å²) in [6.45, 7) is 6.81. The van der Waals surface area contributed by atoms with E-state index in [0.29, 0.717) is 0 Å². The van der Waals surface area contributed by atoms with Crippen molar-refractivity contribution in [1.29, 1.82) is 0 Å². The number of hydrogen-bond donors (Lipinski definition) is 2. The fourth-order valence-electron chi connectivity index (χ4n) is 1.49. The molecule has 0 rings (SSSR count). The summed E-state index contributed by atoms with van der Waals surface area (Å²) in [5, 5.41) is 9.49. The van der Waals surface area contributed by atoms with Crippen molar-refractivity contribution in [3.63, 3.8) is 0 Å². The molecular weight excluding hydrogens is 162 g/mol. The van der Waals surface area contributed by atoms with Gasteiger partial charge < -0.3 is 10.8 Å². The van der Waals surface area contributed by atoms with Gasteiger partial charge in [-0.2, -0.15) is 0 Å². The Balaban J connectivity index is 3.31. The maximum absolute atomic E-state index is 9.49. The molecule has 13 heavy (non-hydrogen) atoms. The Labute approximate surface area is 82.5 Å². The lowest BCUT2D eigenvalue weighted by molar-refractivity contribution is 0.0669. The van der Waals surface area contributed by atoms with Gasteiger partial charge in [-0.3, -0.25) is 0 Å². The van der Waals surface area contributed by atoms with Crippen LogP contribution in [-0.2, 0) is 0 Å². The van der Waals surface area contributed by atoms with Gasteiger partial charge in [0.1, 0.15) is 0 Å². The maximum Gasteiger partial charge on any atom is 0.0591 e. The first-order valence-electron chi connectivity index (χ1n) is 5.38. The molecule has 80 valence electrons. The zero-order valence-electron chi connectivity index (χ0n) is 9.34. The molecule has 2 nitrogen and oxygen atoms in total. The molecule has 0 saturated carbocycles. The molecule has 0 aliphatic heterocycles. The third-order valence-corrected chi connectivity index (χ3v) is 2.39. The minimum atomic E-state index is -0.492. The van der Waals surface area contributed by atoms with Crippen LogP contribution in [0.5, 0.6) is 0 Å². The van der Waals surface area contributed by atoms with E-state index in [1.807, 2.05) is 13.8 Å². The highest BCUT2D eigenvalue weighted by Crippen LogP contribution is 2.18. The van der Waals surface area contributed by atoms with Crippen LogP contribution in [0.3, 0.4) is 0 Å². The first-order valence-corrected chi connectivity index (χ1v) is 5.38. The first-order chi connectivity index (χ1) is 5.95. The van der Waals surface area contributed by atoms with Gasteiger partial charge >= 0.3 is 0 Å². The normalized spacial score (nSPS) is 14.5. The average Bonchev–Trinajstić information content (AvgIpc) is 1.98. The van der Waals surface area contributed by atoms with Gasteiger partial charge in [0.2, 0.25) is 0 Å². The molecule has 0 heterocycles. The number of aliphatic hydroxyl groups is 1. The first kappa shape index (κ1) is 12.9. The highest BCUT2D eigenvalue weighted by atomic mass is 16.3. The summed E-state index contributed by atoms with van der Waals surface area (Å²) < 4.78 is 0. The molecule has 0 aromatic heterocycles. The molecule has 0 radical (unpaired) electrons. The molecule has 0 spiro atoms. The van der Waals surface area contributed by atoms with Gasteiger partial charge in [-0.25, -0.2) is 0 Å². The lowest BCUT2D eigenvalue weighted by atomic mass is 9.94. The van der Waals surface area contributed by atoms with Crippen molar-refractivity contribution < 1.29 is 5.11 Å². The Hall–Kier alpha value is -0.0800. The Morgan fingerprint density at radius 3 is 2.23 bits per heavy atom. The zero-order valence-corrected chi connectivity index (χ0v) is 9.34. The van der Waals surface area contributed by atoms with Crippen LogP contribution >= 0.6 is 0 Å². The van der Waals surface area contributed by atoms with Gasteiger partial charge in [-0.1, -0.05) is 19.8 Å². The standard InChI is InChI=1S/C11H25NO/c1-10(7-5-9-12)6-4-8-11(2,3)13/h10,13H,4-9,12H2,1-3H3. The molecule has 3 N–H and O–H groups in total. The van der Waals surface area contributed by atoms with Crippen molar-refractivity contribution in [3.05, 3.63) is 0 Å². The maximum atomic E-state index is 9.49. The quantitative estimate of drug-likeness (QED) is 0.642. The summed E-state index contributed by atoms with van der Waals surface area (Å²) in [5.74, 6) is 0.755. The van der Waals surface area contributed by atoms with Crippen molar-refractivity contribution >= 4 is 0 Å². The largest absolute Gasteiger partial charge is 0.390 e. The molecule has 0 fully saturated rings. The zero-order chi connectivity index (χ0) is 10.3. The van der Waals surface area contributed by atoms with E-state index in [-0.39, 0.29) is 0 Å². The van der Waals surface area contributed by atoms with E-state index in [9.17, 15) is 5.11 Å². The second kappa shape index (κ2) is 6.39. The molecule has 1 unspecified atom stereocenters. The minimum absolute atomic E-state index is 0.492. The smallest absolute Gasteiger partial charge is 0.0591 e. The Kier molecular flexibility index (Phi) is 6.35. The summed E-state index contributed by atoms with van der Waals surface area (Å²) in [6, 6.07) is 0. The number of nitrogens with two attached hydrogens (primary N) is 1. The summed E-state index contributed by atoms with van der Waals surface area (Å²) in [5.41, 5.74) is 4.94. The Morgan fingerprint density at radius 1 is 1.23 bits per heavy atom. The van der Waals surface area contributed by atoms with E-state index in [0.717, 1.165) is 31.7 Å². The molecule has 1 atom stereocenters. The number of hydrogen-bond acceptors (Lipinski definition) is 2. The average molecular weight is 187 g/mol. The predicted molar refractivity (Wildman–Crippen MR) is 57.6 cm³/mol. The topological polar surface area (TPSA) is 46.2 Å². The van der Waals surface area contributed by atoms with Crippen molar-refractivity contribution in [2.75, 3.05) is 6.54 Å². The Bertz CT molecular complexity index is 118. The van der Waals surface area contributed by atoms with E-state index < -0.39 is 5.60 Å². The SMILES string of the molecule is CC(CCCN)CCCC(C)(C)O. The molecule has 0 bridgehead atoms. The highest BCUT2D eigenvalue weighted by Gasteiger charge is 2.12. The molecular formula is C11H25NO. The van der Waals surface area contributed by atoms with Crippen LogP contribution in [0.4, 0.5) is 0 Å². The van der Waals surface area contributed by atoms with Crippen molar-refractivity contribution in [2.24, 2.45) is 11.7 Å². The third-order valence-electron chi connectivity index (χ3n) is 2.39. The van der Waals surface area contributed by atoms with Gasteiger partial charge in [0.05, 0.1) is 5.60 Å². The lowest BCUT2D eigenvalue weighted by Crippen LogP contribution is -2.18. The minimum Gasteiger partial charge on any atom is -0.390 e. The van der Waals surface area contributed by atoms with Gasteiger partial charge in [0, 0.05) is 0 Å². The van der Waals surface area contributed by atoms with Crippen LogP contribution in [0.2, 0.25) is 0 Å². The van der Waals surface area contributed by atoms with Crippen LogP contribution in [0.25, 0.3) is 0 Å². The predicted octanol–water partition coefficient (Wildman–Crippen LogP) is 2.30. The van der Waals surface area contributed by atoms with Gasteiger partial charge in [-0.15, -0.1) is 0 Å². The third kappa shape index (κ3) is 9.84. The van der Waals surface area contributed by atoms with Crippen molar-refractivity contribution in [3.8, 4) is 0 Å². The van der Waals surface area contributed by atoms with E-state index in [4.69, 9.17) is 5.73 Å². The van der Waals surface area contributed by atoms with Crippen molar-refractivity contribution in [2.45, 2.75) is 58.5 Å². The van der Waals surface area contributed by atoms with Crippen LogP contribution in [-0.4, -0.2) is 17.3 Å². The number of rotatable bonds is 7. The van der Waals surface area contributed by atoms with E-state index in [1.165, 1.54) is 12.8 Å². The fraction of sp³-hybridized carbons (Fsp3) is 1.00. The van der Waals surface area contributed by atoms with Gasteiger partial charge in [0.25, 0.3) is 0 Å². The van der Waals surface area contributed by atoms with Crippen LogP contribution in [0, 0.1) is 5.92 Å². The summed E-state index contributed by atoms with van der Waals surface area (Å²) in [7, 11) is 0. The molecule has 0 aromatic carbocycles. The van der Waals surface area contributed by atoms with Gasteiger partial charge in [-0.05, 0) is 45.6 Å². The van der Waals surface area contributed by atoms with Crippen LogP contribution < -0.4 is 5.73 Å². The molecule has 0 aromatic rings. The monoisotopic (exact) mass is 187 g/mol. The fourth-order valence-corrected chi connectivity index (χ4v) is 1.49.